The fraction of sp³-hybridized carbons (Fsp3) is 0.143. The standard InChI is InChI=1S/C14H13Br2N3O/c1-2-17-10-4-6-13(18-8-10)14(20)19-12-5-3-9(15)7-11(12)16/h3-8,17H,2H2,1H3,(H,19,20). The van der Waals surface area contributed by atoms with Gasteiger partial charge in [0.05, 0.1) is 17.6 Å². The molecule has 4 nitrogen and oxygen atoms in total. The normalized spacial score (nSPS) is 10.2. The molecule has 0 aliphatic carbocycles. The molecule has 1 amide bonds. The molecule has 0 saturated carbocycles. The summed E-state index contributed by atoms with van der Waals surface area (Å²) in [7, 11) is 0. The summed E-state index contributed by atoms with van der Waals surface area (Å²) in [5, 5.41) is 5.95. The van der Waals surface area contributed by atoms with Crippen LogP contribution in [0.4, 0.5) is 11.4 Å². The smallest absolute Gasteiger partial charge is 0.274 e. The van der Waals surface area contributed by atoms with Crippen molar-refractivity contribution in [1.82, 2.24) is 4.98 Å². The van der Waals surface area contributed by atoms with Crippen LogP contribution in [0.1, 0.15) is 17.4 Å². The zero-order valence-electron chi connectivity index (χ0n) is 10.8. The lowest BCUT2D eigenvalue weighted by Gasteiger charge is -2.08. The first kappa shape index (κ1) is 15.0. The van der Waals surface area contributed by atoms with Gasteiger partial charge in [0, 0.05) is 15.5 Å². The number of nitrogens with one attached hydrogen (secondary N) is 2. The van der Waals surface area contributed by atoms with Crippen molar-refractivity contribution in [3.05, 3.63) is 51.2 Å². The summed E-state index contributed by atoms with van der Waals surface area (Å²) < 4.78 is 1.75. The van der Waals surface area contributed by atoms with Crippen molar-refractivity contribution in [2.24, 2.45) is 0 Å². The van der Waals surface area contributed by atoms with E-state index in [2.05, 4.69) is 47.5 Å². The number of pyridine rings is 1. The highest BCUT2D eigenvalue weighted by Gasteiger charge is 2.09. The van der Waals surface area contributed by atoms with Crippen LogP contribution < -0.4 is 10.6 Å². The number of hydrogen-bond donors (Lipinski definition) is 2. The fourth-order valence-electron chi connectivity index (χ4n) is 1.61. The fourth-order valence-corrected chi connectivity index (χ4v) is 2.76. The second kappa shape index (κ2) is 6.85. The first-order valence-electron chi connectivity index (χ1n) is 6.06. The predicted molar refractivity (Wildman–Crippen MR) is 88.2 cm³/mol. The average Bonchev–Trinajstić information content (AvgIpc) is 2.43. The van der Waals surface area contributed by atoms with Gasteiger partial charge >= 0.3 is 0 Å². The molecule has 2 N–H and O–H groups in total. The van der Waals surface area contributed by atoms with Crippen molar-refractivity contribution in [3.8, 4) is 0 Å². The molecule has 0 fully saturated rings. The minimum atomic E-state index is -0.240. The summed E-state index contributed by atoms with van der Waals surface area (Å²) in [6.45, 7) is 2.82. The predicted octanol–water partition coefficient (Wildman–Crippen LogP) is 4.29. The summed E-state index contributed by atoms with van der Waals surface area (Å²) in [5.41, 5.74) is 1.98. The highest BCUT2D eigenvalue weighted by molar-refractivity contribution is 9.11. The van der Waals surface area contributed by atoms with Crippen LogP contribution in [-0.2, 0) is 0 Å². The van der Waals surface area contributed by atoms with Crippen molar-refractivity contribution in [3.63, 3.8) is 0 Å². The Bertz CT molecular complexity index is 614. The number of anilines is 2. The van der Waals surface area contributed by atoms with E-state index in [1.165, 1.54) is 0 Å². The van der Waals surface area contributed by atoms with E-state index in [-0.39, 0.29) is 5.91 Å². The number of carbonyl (C=O) groups is 1. The third kappa shape index (κ3) is 3.80. The summed E-state index contributed by atoms with van der Waals surface area (Å²) in [5.74, 6) is -0.240. The van der Waals surface area contributed by atoms with Crippen molar-refractivity contribution in [2.75, 3.05) is 17.2 Å². The largest absolute Gasteiger partial charge is 0.384 e. The minimum Gasteiger partial charge on any atom is -0.384 e. The van der Waals surface area contributed by atoms with E-state index < -0.39 is 0 Å². The van der Waals surface area contributed by atoms with Crippen LogP contribution in [0.5, 0.6) is 0 Å². The molecule has 6 heteroatoms. The van der Waals surface area contributed by atoms with Gasteiger partial charge in [-0.05, 0) is 53.2 Å². The molecule has 2 aromatic rings. The molecule has 0 atom stereocenters. The van der Waals surface area contributed by atoms with Gasteiger partial charge in [0.15, 0.2) is 0 Å². The first-order chi connectivity index (χ1) is 9.60. The van der Waals surface area contributed by atoms with Crippen molar-refractivity contribution in [1.29, 1.82) is 0 Å². The molecule has 20 heavy (non-hydrogen) atoms. The van der Waals surface area contributed by atoms with Gasteiger partial charge in [-0.2, -0.15) is 0 Å². The quantitative estimate of drug-likeness (QED) is 0.807. The highest BCUT2D eigenvalue weighted by atomic mass is 79.9. The summed E-state index contributed by atoms with van der Waals surface area (Å²) in [6, 6.07) is 9.08. The molecule has 0 spiro atoms. The first-order valence-corrected chi connectivity index (χ1v) is 7.65. The second-order valence-corrected chi connectivity index (χ2v) is 5.81. The van der Waals surface area contributed by atoms with E-state index >= 15 is 0 Å². The Kier molecular flexibility index (Phi) is 5.14. The number of carbonyl (C=O) groups excluding carboxylic acids is 1. The van der Waals surface area contributed by atoms with E-state index in [4.69, 9.17) is 0 Å². The van der Waals surface area contributed by atoms with Gasteiger partial charge in [-0.3, -0.25) is 4.79 Å². The number of hydrogen-bond acceptors (Lipinski definition) is 3. The third-order valence-electron chi connectivity index (χ3n) is 2.56. The molecule has 0 saturated heterocycles. The Hall–Kier alpha value is -1.40. The van der Waals surface area contributed by atoms with Crippen LogP contribution in [-0.4, -0.2) is 17.4 Å². The number of amides is 1. The molecule has 0 bridgehead atoms. The number of rotatable bonds is 4. The van der Waals surface area contributed by atoms with Crippen molar-refractivity contribution >= 4 is 49.1 Å². The lowest BCUT2D eigenvalue weighted by molar-refractivity contribution is 0.102. The Morgan fingerprint density at radius 3 is 2.65 bits per heavy atom. The van der Waals surface area contributed by atoms with Crippen LogP contribution in [0.2, 0.25) is 0 Å². The Morgan fingerprint density at radius 1 is 1.25 bits per heavy atom. The Balaban J connectivity index is 2.11. The Morgan fingerprint density at radius 2 is 2.05 bits per heavy atom. The molecule has 2 rings (SSSR count). The van der Waals surface area contributed by atoms with Crippen molar-refractivity contribution in [2.45, 2.75) is 6.92 Å². The van der Waals surface area contributed by atoms with Crippen LogP contribution in [0, 0.1) is 0 Å². The molecular weight excluding hydrogens is 386 g/mol. The molecule has 1 aromatic carbocycles. The Labute approximate surface area is 134 Å². The zero-order chi connectivity index (χ0) is 14.5. The van der Waals surface area contributed by atoms with Gasteiger partial charge < -0.3 is 10.6 Å². The molecule has 0 aliphatic rings. The lowest BCUT2D eigenvalue weighted by Crippen LogP contribution is -2.14. The van der Waals surface area contributed by atoms with Gasteiger partial charge in [0.2, 0.25) is 0 Å². The second-order valence-electron chi connectivity index (χ2n) is 4.04. The molecule has 1 aromatic heterocycles. The van der Waals surface area contributed by atoms with Crippen LogP contribution in [0.15, 0.2) is 45.5 Å². The third-order valence-corrected chi connectivity index (χ3v) is 3.71. The van der Waals surface area contributed by atoms with E-state index in [9.17, 15) is 4.79 Å². The molecule has 1 heterocycles. The maximum Gasteiger partial charge on any atom is 0.274 e. The van der Waals surface area contributed by atoms with E-state index in [1.807, 2.05) is 31.2 Å². The SMILES string of the molecule is CCNc1ccc(C(=O)Nc2ccc(Br)cc2Br)nc1. The zero-order valence-corrected chi connectivity index (χ0v) is 14.0. The molecule has 0 aliphatic heterocycles. The molecule has 104 valence electrons. The van der Waals surface area contributed by atoms with E-state index in [0.717, 1.165) is 21.2 Å². The number of nitrogens with zero attached hydrogens (tertiary/aromatic N) is 1. The monoisotopic (exact) mass is 397 g/mol. The number of aromatic nitrogens is 1. The van der Waals surface area contributed by atoms with E-state index in [1.54, 1.807) is 12.3 Å². The lowest BCUT2D eigenvalue weighted by atomic mass is 10.3. The average molecular weight is 399 g/mol. The summed E-state index contributed by atoms with van der Waals surface area (Å²) >= 11 is 6.77. The van der Waals surface area contributed by atoms with E-state index in [0.29, 0.717) is 11.4 Å². The van der Waals surface area contributed by atoms with Gasteiger partial charge in [-0.15, -0.1) is 0 Å². The van der Waals surface area contributed by atoms with Crippen LogP contribution in [0.3, 0.4) is 0 Å². The summed E-state index contributed by atoms with van der Waals surface area (Å²) in [6.07, 6.45) is 1.65. The van der Waals surface area contributed by atoms with Gasteiger partial charge in [-0.1, -0.05) is 15.9 Å². The van der Waals surface area contributed by atoms with Gasteiger partial charge in [0.25, 0.3) is 5.91 Å². The van der Waals surface area contributed by atoms with Crippen LogP contribution in [0.25, 0.3) is 0 Å². The topological polar surface area (TPSA) is 54.0 Å². The van der Waals surface area contributed by atoms with Crippen LogP contribution >= 0.6 is 31.9 Å². The molecule has 0 unspecified atom stereocenters. The number of halogens is 2. The minimum absolute atomic E-state index is 0.240. The maximum absolute atomic E-state index is 12.1. The van der Waals surface area contributed by atoms with Crippen molar-refractivity contribution < 1.29 is 4.79 Å². The molecular formula is C14H13Br2N3O. The highest BCUT2D eigenvalue weighted by Crippen LogP contribution is 2.26. The summed E-state index contributed by atoms with van der Waals surface area (Å²) in [4.78, 5) is 16.2. The maximum atomic E-state index is 12.1. The molecule has 0 radical (unpaired) electrons. The van der Waals surface area contributed by atoms with Gasteiger partial charge in [-0.25, -0.2) is 4.98 Å². The number of benzene rings is 1. The van der Waals surface area contributed by atoms with Gasteiger partial charge in [0.1, 0.15) is 5.69 Å².